The van der Waals surface area contributed by atoms with Gasteiger partial charge < -0.3 is 10.5 Å². The molecule has 2 N–H and O–H groups in total. The van der Waals surface area contributed by atoms with Crippen molar-refractivity contribution in [2.24, 2.45) is 11.1 Å². The lowest BCUT2D eigenvalue weighted by Crippen LogP contribution is -2.37. The van der Waals surface area contributed by atoms with Gasteiger partial charge in [-0.05, 0) is 42.7 Å². The lowest BCUT2D eigenvalue weighted by atomic mass is 9.78. The molecular formula is C10H21NOS. The number of hydrogen-bond acceptors (Lipinski definition) is 3. The first-order chi connectivity index (χ1) is 6.33. The van der Waals surface area contributed by atoms with Crippen molar-refractivity contribution in [1.82, 2.24) is 0 Å². The van der Waals surface area contributed by atoms with Gasteiger partial charge in [-0.15, -0.1) is 0 Å². The summed E-state index contributed by atoms with van der Waals surface area (Å²) in [4.78, 5) is 0. The Morgan fingerprint density at radius 1 is 1.38 bits per heavy atom. The third kappa shape index (κ3) is 3.49. The molecule has 0 amide bonds. The highest BCUT2D eigenvalue weighted by atomic mass is 32.2. The van der Waals surface area contributed by atoms with Crippen LogP contribution in [-0.4, -0.2) is 31.3 Å². The van der Waals surface area contributed by atoms with Crippen molar-refractivity contribution in [3.05, 3.63) is 0 Å². The number of rotatable bonds is 5. The van der Waals surface area contributed by atoms with E-state index in [4.69, 9.17) is 10.5 Å². The van der Waals surface area contributed by atoms with Gasteiger partial charge in [0.15, 0.2) is 0 Å². The molecule has 1 saturated heterocycles. The van der Waals surface area contributed by atoms with E-state index in [1.165, 1.54) is 17.9 Å². The van der Waals surface area contributed by atoms with Gasteiger partial charge in [-0.3, -0.25) is 0 Å². The Labute approximate surface area is 85.6 Å². The van der Waals surface area contributed by atoms with Crippen LogP contribution in [-0.2, 0) is 4.74 Å². The molecule has 0 unspecified atom stereocenters. The van der Waals surface area contributed by atoms with Crippen molar-refractivity contribution in [3.63, 3.8) is 0 Å². The summed E-state index contributed by atoms with van der Waals surface area (Å²) in [5.41, 5.74) is 6.26. The summed E-state index contributed by atoms with van der Waals surface area (Å²) in [6.07, 6.45) is 3.59. The smallest absolute Gasteiger partial charge is 0.0471 e. The van der Waals surface area contributed by atoms with Gasteiger partial charge in [-0.2, -0.15) is 11.8 Å². The van der Waals surface area contributed by atoms with Gasteiger partial charge in [0, 0.05) is 13.2 Å². The lowest BCUT2D eigenvalue weighted by Gasteiger charge is -2.36. The summed E-state index contributed by atoms with van der Waals surface area (Å²) in [7, 11) is 0. The molecule has 2 nitrogen and oxygen atoms in total. The highest BCUT2D eigenvalue weighted by Crippen LogP contribution is 2.33. The van der Waals surface area contributed by atoms with E-state index in [1.807, 2.05) is 11.8 Å². The molecule has 1 rings (SSSR count). The topological polar surface area (TPSA) is 35.2 Å². The molecule has 0 saturated carbocycles. The quantitative estimate of drug-likeness (QED) is 0.693. The van der Waals surface area contributed by atoms with E-state index in [1.54, 1.807) is 0 Å². The maximum absolute atomic E-state index is 5.86. The van der Waals surface area contributed by atoms with Crippen LogP contribution in [0.15, 0.2) is 0 Å². The molecule has 1 heterocycles. The van der Waals surface area contributed by atoms with Crippen LogP contribution in [0.3, 0.4) is 0 Å². The Hall–Kier alpha value is 0.270. The predicted octanol–water partition coefficient (Wildman–Crippen LogP) is 1.89. The Kier molecular flexibility index (Phi) is 5.14. The van der Waals surface area contributed by atoms with Gasteiger partial charge in [0.2, 0.25) is 0 Å². The van der Waals surface area contributed by atoms with Gasteiger partial charge in [0.05, 0.1) is 0 Å². The maximum Gasteiger partial charge on any atom is 0.0471 e. The van der Waals surface area contributed by atoms with Crippen LogP contribution in [0.25, 0.3) is 0 Å². The molecule has 0 bridgehead atoms. The van der Waals surface area contributed by atoms with Gasteiger partial charge in [-0.25, -0.2) is 0 Å². The van der Waals surface area contributed by atoms with Gasteiger partial charge in [0.25, 0.3) is 0 Å². The molecule has 0 aliphatic carbocycles. The fourth-order valence-corrected chi connectivity index (χ4v) is 2.66. The third-order valence-corrected chi connectivity index (χ3v) is 3.87. The fraction of sp³-hybridized carbons (Fsp3) is 1.00. The minimum absolute atomic E-state index is 0.403. The Morgan fingerprint density at radius 3 is 2.62 bits per heavy atom. The molecule has 1 aliphatic rings. The van der Waals surface area contributed by atoms with Crippen molar-refractivity contribution < 1.29 is 4.74 Å². The van der Waals surface area contributed by atoms with Gasteiger partial charge >= 0.3 is 0 Å². The number of thioether (sulfide) groups is 1. The minimum Gasteiger partial charge on any atom is -0.381 e. The van der Waals surface area contributed by atoms with Crippen LogP contribution in [0.5, 0.6) is 0 Å². The molecule has 0 aromatic heterocycles. The molecule has 78 valence electrons. The van der Waals surface area contributed by atoms with Gasteiger partial charge in [-0.1, -0.05) is 6.92 Å². The Morgan fingerprint density at radius 2 is 2.08 bits per heavy atom. The van der Waals surface area contributed by atoms with E-state index < -0.39 is 0 Å². The molecular weight excluding hydrogens is 182 g/mol. The van der Waals surface area contributed by atoms with E-state index >= 15 is 0 Å². The molecule has 0 spiro atoms. The monoisotopic (exact) mass is 203 g/mol. The van der Waals surface area contributed by atoms with Crippen molar-refractivity contribution in [2.75, 3.05) is 31.3 Å². The van der Waals surface area contributed by atoms with Crippen molar-refractivity contribution in [3.8, 4) is 0 Å². The maximum atomic E-state index is 5.86. The molecule has 0 aromatic carbocycles. The summed E-state index contributed by atoms with van der Waals surface area (Å²) in [5.74, 6) is 2.48. The third-order valence-electron chi connectivity index (χ3n) is 2.97. The zero-order valence-corrected chi connectivity index (χ0v) is 9.37. The number of nitrogens with two attached hydrogens (primary N) is 1. The molecule has 3 heteroatoms. The summed E-state index contributed by atoms with van der Waals surface area (Å²) in [6.45, 7) is 4.87. The summed E-state index contributed by atoms with van der Waals surface area (Å²) >= 11 is 2.02. The van der Waals surface area contributed by atoms with E-state index in [9.17, 15) is 0 Å². The Balaban J connectivity index is 2.29. The van der Waals surface area contributed by atoms with Gasteiger partial charge in [0.1, 0.15) is 0 Å². The second-order valence-electron chi connectivity index (χ2n) is 3.76. The highest BCUT2D eigenvalue weighted by Gasteiger charge is 2.30. The molecule has 0 aromatic rings. The number of hydrogen-bond donors (Lipinski definition) is 1. The first-order valence-corrected chi connectivity index (χ1v) is 6.34. The highest BCUT2D eigenvalue weighted by molar-refractivity contribution is 7.99. The largest absolute Gasteiger partial charge is 0.381 e. The zero-order valence-electron chi connectivity index (χ0n) is 8.55. The second kappa shape index (κ2) is 5.89. The van der Waals surface area contributed by atoms with Crippen LogP contribution in [0.4, 0.5) is 0 Å². The lowest BCUT2D eigenvalue weighted by molar-refractivity contribution is 0.0177. The zero-order chi connectivity index (χ0) is 9.57. The van der Waals surface area contributed by atoms with Crippen LogP contribution in [0, 0.1) is 5.41 Å². The van der Waals surface area contributed by atoms with E-state index in [2.05, 4.69) is 6.92 Å². The second-order valence-corrected chi connectivity index (χ2v) is 5.16. The average Bonchev–Trinajstić information content (AvgIpc) is 2.20. The first-order valence-electron chi connectivity index (χ1n) is 5.18. The Bertz CT molecular complexity index is 135. The predicted molar refractivity (Wildman–Crippen MR) is 59.2 cm³/mol. The SMILES string of the molecule is CCSCCC1(CN)CCOCC1. The van der Waals surface area contributed by atoms with E-state index in [0.717, 1.165) is 32.6 Å². The molecule has 1 fully saturated rings. The number of ether oxygens (including phenoxy) is 1. The standard InChI is InChI=1S/C10H21NOS/c1-2-13-8-5-10(9-11)3-6-12-7-4-10/h2-9,11H2,1H3. The van der Waals surface area contributed by atoms with Crippen LogP contribution >= 0.6 is 11.8 Å². The van der Waals surface area contributed by atoms with Crippen LogP contribution < -0.4 is 5.73 Å². The summed E-state index contributed by atoms with van der Waals surface area (Å²) in [6, 6.07) is 0. The molecule has 0 radical (unpaired) electrons. The minimum atomic E-state index is 0.403. The van der Waals surface area contributed by atoms with Crippen LogP contribution in [0.1, 0.15) is 26.2 Å². The molecule has 13 heavy (non-hydrogen) atoms. The van der Waals surface area contributed by atoms with Crippen molar-refractivity contribution >= 4 is 11.8 Å². The summed E-state index contributed by atoms with van der Waals surface area (Å²) < 4.78 is 5.37. The molecule has 0 atom stereocenters. The fourth-order valence-electron chi connectivity index (χ4n) is 1.79. The summed E-state index contributed by atoms with van der Waals surface area (Å²) in [5, 5.41) is 0. The normalized spacial score (nSPS) is 21.7. The van der Waals surface area contributed by atoms with Crippen molar-refractivity contribution in [1.29, 1.82) is 0 Å². The van der Waals surface area contributed by atoms with E-state index in [-0.39, 0.29) is 0 Å². The van der Waals surface area contributed by atoms with E-state index in [0.29, 0.717) is 5.41 Å². The van der Waals surface area contributed by atoms with Crippen molar-refractivity contribution in [2.45, 2.75) is 26.2 Å². The molecule has 1 aliphatic heterocycles. The van der Waals surface area contributed by atoms with Crippen LogP contribution in [0.2, 0.25) is 0 Å². The first kappa shape index (κ1) is 11.3. The average molecular weight is 203 g/mol.